The summed E-state index contributed by atoms with van der Waals surface area (Å²) in [6.45, 7) is 2.60. The Bertz CT molecular complexity index is 947. The second kappa shape index (κ2) is 9.04. The fourth-order valence-electron chi connectivity index (χ4n) is 4.10. The Morgan fingerprint density at radius 3 is 2.45 bits per heavy atom. The van der Waals surface area contributed by atoms with Crippen molar-refractivity contribution in [1.82, 2.24) is 19.6 Å². The standard InChI is InChI=1S/C18H21FN4O.C2HF3O2/c1-21-11-13(10-20-21)12-22-7-5-17-16(22)6-8-23(17)18(24)14-3-2-4-15(19)9-14;3-2(4,5)1(6)7/h2-4,9-11,16-17H,5-8,12H2,1H3;(H,6,7)/t16-,17+;/m0./s1. The molecular weight excluding hydrogens is 420 g/mol. The van der Waals surface area contributed by atoms with E-state index in [0.717, 1.165) is 32.5 Å². The van der Waals surface area contributed by atoms with Gasteiger partial charge in [0.1, 0.15) is 5.82 Å². The van der Waals surface area contributed by atoms with Crippen molar-refractivity contribution in [3.8, 4) is 0 Å². The summed E-state index contributed by atoms with van der Waals surface area (Å²) in [5.74, 6) is -3.17. The van der Waals surface area contributed by atoms with Crippen LogP contribution >= 0.6 is 0 Å². The fraction of sp³-hybridized carbons (Fsp3) is 0.450. The molecule has 4 rings (SSSR count). The molecule has 3 heterocycles. The number of carbonyl (C=O) groups is 2. The number of benzene rings is 1. The van der Waals surface area contributed by atoms with Gasteiger partial charge in [-0.05, 0) is 31.0 Å². The van der Waals surface area contributed by atoms with E-state index >= 15 is 0 Å². The Balaban J connectivity index is 0.000000339. The summed E-state index contributed by atoms with van der Waals surface area (Å²) in [6, 6.07) is 6.62. The molecule has 2 atom stereocenters. The van der Waals surface area contributed by atoms with Gasteiger partial charge in [-0.15, -0.1) is 0 Å². The van der Waals surface area contributed by atoms with Gasteiger partial charge in [0.15, 0.2) is 0 Å². The number of halogens is 4. The van der Waals surface area contributed by atoms with E-state index in [9.17, 15) is 22.4 Å². The summed E-state index contributed by atoms with van der Waals surface area (Å²) in [5.41, 5.74) is 1.65. The molecule has 2 saturated heterocycles. The zero-order valence-electron chi connectivity index (χ0n) is 16.7. The van der Waals surface area contributed by atoms with Crippen LogP contribution in [0.1, 0.15) is 28.8 Å². The molecule has 31 heavy (non-hydrogen) atoms. The number of carboxylic acids is 1. The number of aromatic nitrogens is 2. The van der Waals surface area contributed by atoms with Crippen molar-refractivity contribution in [1.29, 1.82) is 0 Å². The van der Waals surface area contributed by atoms with Crippen molar-refractivity contribution in [3.63, 3.8) is 0 Å². The van der Waals surface area contributed by atoms with Gasteiger partial charge in [0, 0.05) is 56.1 Å². The number of carbonyl (C=O) groups excluding carboxylic acids is 1. The van der Waals surface area contributed by atoms with Crippen LogP contribution in [0.25, 0.3) is 0 Å². The molecule has 0 bridgehead atoms. The molecule has 2 fully saturated rings. The molecule has 0 unspecified atom stereocenters. The van der Waals surface area contributed by atoms with Crippen LogP contribution in [-0.4, -0.2) is 67.9 Å². The molecule has 2 aliphatic heterocycles. The Hall–Kier alpha value is -2.95. The molecule has 2 aromatic rings. The van der Waals surface area contributed by atoms with E-state index in [4.69, 9.17) is 9.90 Å². The SMILES string of the molecule is Cn1cc(CN2CC[C@@H]3[C@@H]2CCN3C(=O)c2cccc(F)c2)cn1.O=C(O)C(F)(F)F. The van der Waals surface area contributed by atoms with E-state index in [1.165, 1.54) is 17.7 Å². The summed E-state index contributed by atoms with van der Waals surface area (Å²) in [5, 5.41) is 11.4. The first-order valence-electron chi connectivity index (χ1n) is 9.64. The van der Waals surface area contributed by atoms with E-state index in [-0.39, 0.29) is 17.8 Å². The zero-order chi connectivity index (χ0) is 22.8. The van der Waals surface area contributed by atoms with Crippen molar-refractivity contribution in [2.24, 2.45) is 7.05 Å². The number of carboxylic acid groups (broad SMARTS) is 1. The first kappa shape index (κ1) is 22.7. The summed E-state index contributed by atoms with van der Waals surface area (Å²) < 4.78 is 47.0. The number of nitrogens with zero attached hydrogens (tertiary/aromatic N) is 4. The molecule has 1 aromatic carbocycles. The van der Waals surface area contributed by atoms with Gasteiger partial charge in [-0.2, -0.15) is 18.3 Å². The minimum atomic E-state index is -5.08. The minimum Gasteiger partial charge on any atom is -0.475 e. The van der Waals surface area contributed by atoms with Gasteiger partial charge in [0.05, 0.1) is 6.20 Å². The summed E-state index contributed by atoms with van der Waals surface area (Å²) in [4.78, 5) is 26.0. The number of aryl methyl sites for hydroxylation is 1. The normalized spacial score (nSPS) is 20.9. The number of hydrogen-bond donors (Lipinski definition) is 1. The number of amides is 1. The lowest BCUT2D eigenvalue weighted by Gasteiger charge is -2.25. The van der Waals surface area contributed by atoms with Gasteiger partial charge in [-0.25, -0.2) is 9.18 Å². The Morgan fingerprint density at radius 1 is 1.19 bits per heavy atom. The molecule has 11 heteroatoms. The highest BCUT2D eigenvalue weighted by molar-refractivity contribution is 5.94. The molecule has 2 aliphatic rings. The number of alkyl halides is 3. The minimum absolute atomic E-state index is 0.0507. The lowest BCUT2D eigenvalue weighted by atomic mass is 10.1. The van der Waals surface area contributed by atoms with Crippen molar-refractivity contribution in [3.05, 3.63) is 53.6 Å². The van der Waals surface area contributed by atoms with Crippen LogP contribution in [0.5, 0.6) is 0 Å². The maximum absolute atomic E-state index is 13.4. The molecule has 1 N–H and O–H groups in total. The molecule has 0 radical (unpaired) electrons. The highest BCUT2D eigenvalue weighted by atomic mass is 19.4. The van der Waals surface area contributed by atoms with Crippen LogP contribution in [0.4, 0.5) is 17.6 Å². The lowest BCUT2D eigenvalue weighted by Crippen LogP contribution is -2.39. The Labute approximate surface area is 175 Å². The van der Waals surface area contributed by atoms with Crippen molar-refractivity contribution in [2.45, 2.75) is 37.6 Å². The monoisotopic (exact) mass is 442 g/mol. The van der Waals surface area contributed by atoms with Crippen LogP contribution in [0.3, 0.4) is 0 Å². The molecule has 1 aromatic heterocycles. The molecule has 0 aliphatic carbocycles. The largest absolute Gasteiger partial charge is 0.490 e. The zero-order valence-corrected chi connectivity index (χ0v) is 16.7. The molecule has 7 nitrogen and oxygen atoms in total. The third-order valence-corrected chi connectivity index (χ3v) is 5.41. The van der Waals surface area contributed by atoms with E-state index in [2.05, 4.69) is 10.00 Å². The maximum atomic E-state index is 13.4. The Kier molecular flexibility index (Phi) is 6.63. The highest BCUT2D eigenvalue weighted by Crippen LogP contribution is 2.33. The predicted octanol–water partition coefficient (Wildman–Crippen LogP) is 2.68. The fourth-order valence-corrected chi connectivity index (χ4v) is 4.10. The van der Waals surface area contributed by atoms with Crippen LogP contribution < -0.4 is 0 Å². The van der Waals surface area contributed by atoms with Crippen LogP contribution in [0, 0.1) is 5.82 Å². The van der Waals surface area contributed by atoms with Gasteiger partial charge >= 0.3 is 12.1 Å². The second-order valence-electron chi connectivity index (χ2n) is 7.52. The first-order valence-corrected chi connectivity index (χ1v) is 9.64. The van der Waals surface area contributed by atoms with Crippen molar-refractivity contribution < 1.29 is 32.3 Å². The number of fused-ring (bicyclic) bond motifs is 1. The predicted molar refractivity (Wildman–Crippen MR) is 102 cm³/mol. The van der Waals surface area contributed by atoms with Crippen molar-refractivity contribution in [2.75, 3.05) is 13.1 Å². The lowest BCUT2D eigenvalue weighted by molar-refractivity contribution is -0.192. The third kappa shape index (κ3) is 5.40. The van der Waals surface area contributed by atoms with Gasteiger partial charge in [0.25, 0.3) is 5.91 Å². The second-order valence-corrected chi connectivity index (χ2v) is 7.52. The number of rotatable bonds is 3. The summed E-state index contributed by atoms with van der Waals surface area (Å²) in [7, 11) is 1.92. The highest BCUT2D eigenvalue weighted by Gasteiger charge is 2.44. The summed E-state index contributed by atoms with van der Waals surface area (Å²) in [6.07, 6.45) is 0.813. The van der Waals surface area contributed by atoms with E-state index < -0.39 is 12.1 Å². The number of aliphatic carboxylic acids is 1. The average molecular weight is 442 g/mol. The molecule has 168 valence electrons. The molecule has 0 saturated carbocycles. The van der Waals surface area contributed by atoms with Crippen molar-refractivity contribution >= 4 is 11.9 Å². The molecule has 1 amide bonds. The van der Waals surface area contributed by atoms with Crippen LogP contribution in [0.15, 0.2) is 36.7 Å². The summed E-state index contributed by atoms with van der Waals surface area (Å²) >= 11 is 0. The smallest absolute Gasteiger partial charge is 0.475 e. The Morgan fingerprint density at radius 2 is 1.87 bits per heavy atom. The number of hydrogen-bond acceptors (Lipinski definition) is 4. The quantitative estimate of drug-likeness (QED) is 0.740. The van der Waals surface area contributed by atoms with Gasteiger partial charge in [-0.3, -0.25) is 14.4 Å². The van der Waals surface area contributed by atoms with Gasteiger partial charge in [0.2, 0.25) is 0 Å². The van der Waals surface area contributed by atoms with E-state index in [1.54, 1.807) is 12.1 Å². The maximum Gasteiger partial charge on any atom is 0.490 e. The van der Waals surface area contributed by atoms with E-state index in [0.29, 0.717) is 11.6 Å². The first-order chi connectivity index (χ1) is 14.6. The van der Waals surface area contributed by atoms with Gasteiger partial charge in [-0.1, -0.05) is 6.07 Å². The van der Waals surface area contributed by atoms with E-state index in [1.807, 2.05) is 29.0 Å². The van der Waals surface area contributed by atoms with Gasteiger partial charge < -0.3 is 10.0 Å². The van der Waals surface area contributed by atoms with Crippen LogP contribution in [-0.2, 0) is 18.4 Å². The molecular formula is C20H22F4N4O3. The third-order valence-electron chi connectivity index (χ3n) is 5.41. The topological polar surface area (TPSA) is 78.7 Å². The number of likely N-dealkylation sites (tertiary alicyclic amines) is 2. The molecule has 0 spiro atoms. The van der Waals surface area contributed by atoms with Crippen LogP contribution in [0.2, 0.25) is 0 Å². The average Bonchev–Trinajstić information content (AvgIpc) is 3.39.